The summed E-state index contributed by atoms with van der Waals surface area (Å²) in [5.41, 5.74) is 2.51. The molecule has 0 N–H and O–H groups in total. The van der Waals surface area contributed by atoms with Gasteiger partial charge in [-0.3, -0.25) is 14.7 Å². The molecule has 2 aromatic rings. The van der Waals surface area contributed by atoms with Gasteiger partial charge in [0.05, 0.1) is 17.8 Å². The van der Waals surface area contributed by atoms with Crippen LogP contribution in [0.15, 0.2) is 53.5 Å². The number of carbonyl (C=O) groups excluding carboxylic acids is 1. The number of hydrogen-bond donors (Lipinski definition) is 0. The van der Waals surface area contributed by atoms with Crippen molar-refractivity contribution in [1.82, 2.24) is 4.90 Å². The van der Waals surface area contributed by atoms with E-state index in [2.05, 4.69) is 18.7 Å². The van der Waals surface area contributed by atoms with Crippen molar-refractivity contribution in [2.75, 3.05) is 18.0 Å². The predicted molar refractivity (Wildman–Crippen MR) is 101 cm³/mol. The van der Waals surface area contributed by atoms with Gasteiger partial charge in [-0.15, -0.1) is 0 Å². The van der Waals surface area contributed by atoms with Crippen molar-refractivity contribution in [3.05, 3.63) is 65.5 Å². The lowest BCUT2D eigenvalue weighted by molar-refractivity contribution is 0.0769. The zero-order valence-electron chi connectivity index (χ0n) is 15.1. The molecule has 2 aliphatic heterocycles. The summed E-state index contributed by atoms with van der Waals surface area (Å²) in [6, 6.07) is 14.1. The monoisotopic (exact) mass is 351 g/mol. The summed E-state index contributed by atoms with van der Waals surface area (Å²) in [4.78, 5) is 21.7. The van der Waals surface area contributed by atoms with E-state index in [1.54, 1.807) is 17.0 Å². The van der Waals surface area contributed by atoms with Gasteiger partial charge in [0.25, 0.3) is 5.91 Å². The van der Waals surface area contributed by atoms with Gasteiger partial charge in [0.2, 0.25) is 5.96 Å². The fraction of sp³-hybridized carbons (Fsp3) is 0.333. The standard InChI is InChI=1S/C21H22FN3O/c1-3-21(2)13-23-20-24(12-15-8-10-16(22)11-9-15)18-7-5-4-6-17(18)19(26)25(20)14-21/h4-11H,3,12-14H2,1-2H3. The first-order valence-corrected chi connectivity index (χ1v) is 8.98. The van der Waals surface area contributed by atoms with E-state index < -0.39 is 0 Å². The van der Waals surface area contributed by atoms with Crippen LogP contribution in [-0.4, -0.2) is 29.9 Å². The van der Waals surface area contributed by atoms with Gasteiger partial charge < -0.3 is 4.90 Å². The van der Waals surface area contributed by atoms with Gasteiger partial charge in [-0.05, 0) is 36.2 Å². The van der Waals surface area contributed by atoms with Gasteiger partial charge in [-0.2, -0.15) is 0 Å². The Kier molecular flexibility index (Phi) is 4.02. The van der Waals surface area contributed by atoms with Crippen LogP contribution in [0, 0.1) is 11.2 Å². The molecule has 0 bridgehead atoms. The number of guanidine groups is 1. The molecule has 26 heavy (non-hydrogen) atoms. The highest BCUT2D eigenvalue weighted by Crippen LogP contribution is 2.35. The Labute approximate surface area is 153 Å². The first kappa shape index (κ1) is 16.8. The van der Waals surface area contributed by atoms with Crippen LogP contribution in [0.2, 0.25) is 0 Å². The Morgan fingerprint density at radius 3 is 2.62 bits per heavy atom. The summed E-state index contributed by atoms with van der Waals surface area (Å²) in [6.07, 6.45) is 0.965. The van der Waals surface area contributed by atoms with Crippen LogP contribution in [0.1, 0.15) is 36.2 Å². The minimum absolute atomic E-state index is 0.00696. The number of aliphatic imine (C=N–C) groups is 1. The number of benzene rings is 2. The van der Waals surface area contributed by atoms with Gasteiger partial charge in [-0.1, -0.05) is 38.1 Å². The van der Waals surface area contributed by atoms with Crippen molar-refractivity contribution < 1.29 is 9.18 Å². The third-order valence-corrected chi connectivity index (χ3v) is 5.40. The van der Waals surface area contributed by atoms with E-state index in [1.165, 1.54) is 12.1 Å². The highest BCUT2D eigenvalue weighted by molar-refractivity contribution is 6.18. The summed E-state index contributed by atoms with van der Waals surface area (Å²) < 4.78 is 13.3. The third-order valence-electron chi connectivity index (χ3n) is 5.40. The zero-order valence-corrected chi connectivity index (χ0v) is 15.1. The van der Waals surface area contributed by atoms with E-state index >= 15 is 0 Å². The summed E-state index contributed by atoms with van der Waals surface area (Å²) in [7, 11) is 0. The Hall–Kier alpha value is -2.69. The van der Waals surface area contributed by atoms with Crippen LogP contribution in [-0.2, 0) is 6.54 Å². The summed E-state index contributed by atoms with van der Waals surface area (Å²) in [5, 5.41) is 0. The van der Waals surface area contributed by atoms with E-state index in [-0.39, 0.29) is 17.1 Å². The molecule has 1 atom stereocenters. The Morgan fingerprint density at radius 2 is 1.88 bits per heavy atom. The lowest BCUT2D eigenvalue weighted by Gasteiger charge is -2.45. The number of anilines is 1. The van der Waals surface area contributed by atoms with Crippen LogP contribution < -0.4 is 4.90 Å². The zero-order chi connectivity index (χ0) is 18.3. The Balaban J connectivity index is 1.78. The number of nitrogens with zero attached hydrogens (tertiary/aromatic N) is 3. The molecule has 0 fully saturated rings. The second-order valence-corrected chi connectivity index (χ2v) is 7.40. The van der Waals surface area contributed by atoms with Crippen molar-refractivity contribution in [1.29, 1.82) is 0 Å². The molecule has 134 valence electrons. The quantitative estimate of drug-likeness (QED) is 0.835. The minimum atomic E-state index is -0.252. The predicted octanol–water partition coefficient (Wildman–Crippen LogP) is 4.07. The minimum Gasteiger partial charge on any atom is -0.307 e. The molecular formula is C21H22FN3O. The Bertz CT molecular complexity index is 877. The van der Waals surface area contributed by atoms with Crippen molar-refractivity contribution in [2.24, 2.45) is 10.4 Å². The highest BCUT2D eigenvalue weighted by Gasteiger charge is 2.41. The van der Waals surface area contributed by atoms with Gasteiger partial charge in [0, 0.05) is 18.5 Å². The molecule has 1 amide bonds. The number of fused-ring (bicyclic) bond motifs is 2. The Morgan fingerprint density at radius 1 is 1.15 bits per heavy atom. The number of rotatable bonds is 3. The summed E-state index contributed by atoms with van der Waals surface area (Å²) in [6.45, 7) is 6.22. The van der Waals surface area contributed by atoms with E-state index in [0.717, 1.165) is 17.7 Å². The van der Waals surface area contributed by atoms with Crippen molar-refractivity contribution in [3.63, 3.8) is 0 Å². The smallest absolute Gasteiger partial charge is 0.262 e. The van der Waals surface area contributed by atoms with Gasteiger partial charge in [-0.25, -0.2) is 4.39 Å². The molecule has 0 spiro atoms. The van der Waals surface area contributed by atoms with E-state index in [9.17, 15) is 9.18 Å². The molecule has 2 aliphatic rings. The summed E-state index contributed by atoms with van der Waals surface area (Å²) >= 11 is 0. The van der Waals surface area contributed by atoms with Crippen LogP contribution in [0.5, 0.6) is 0 Å². The lowest BCUT2D eigenvalue weighted by Crippen LogP contribution is -2.57. The first-order chi connectivity index (χ1) is 12.5. The average Bonchev–Trinajstić information content (AvgIpc) is 2.67. The summed E-state index contributed by atoms with van der Waals surface area (Å²) in [5.74, 6) is 0.455. The van der Waals surface area contributed by atoms with Crippen molar-refractivity contribution >= 4 is 17.6 Å². The van der Waals surface area contributed by atoms with Gasteiger partial charge in [0.15, 0.2) is 0 Å². The maximum Gasteiger partial charge on any atom is 0.262 e. The highest BCUT2D eigenvalue weighted by atomic mass is 19.1. The van der Waals surface area contributed by atoms with Crippen molar-refractivity contribution in [2.45, 2.75) is 26.8 Å². The molecule has 2 aromatic carbocycles. The lowest BCUT2D eigenvalue weighted by atomic mass is 9.85. The van der Waals surface area contributed by atoms with Gasteiger partial charge >= 0.3 is 0 Å². The molecule has 0 aliphatic carbocycles. The molecule has 5 heteroatoms. The fourth-order valence-electron chi connectivity index (χ4n) is 3.54. The maximum atomic E-state index is 13.3. The number of halogens is 1. The van der Waals surface area contributed by atoms with Crippen molar-refractivity contribution in [3.8, 4) is 0 Å². The van der Waals surface area contributed by atoms with Gasteiger partial charge in [0.1, 0.15) is 5.82 Å². The number of para-hydroxylation sites is 1. The normalized spacial score (nSPS) is 22.0. The second-order valence-electron chi connectivity index (χ2n) is 7.40. The van der Waals surface area contributed by atoms with Crippen LogP contribution in [0.4, 0.5) is 10.1 Å². The van der Waals surface area contributed by atoms with E-state index in [0.29, 0.717) is 31.2 Å². The maximum absolute atomic E-state index is 13.3. The molecule has 0 saturated heterocycles. The molecule has 1 unspecified atom stereocenters. The third kappa shape index (κ3) is 2.77. The topological polar surface area (TPSA) is 35.9 Å². The fourth-order valence-corrected chi connectivity index (χ4v) is 3.54. The number of amides is 1. The largest absolute Gasteiger partial charge is 0.307 e. The SMILES string of the molecule is CCC1(C)CN=C2N(C1)C(=O)c1ccccc1N2Cc1ccc(F)cc1. The first-order valence-electron chi connectivity index (χ1n) is 8.98. The molecule has 4 nitrogen and oxygen atoms in total. The molecule has 0 saturated carbocycles. The van der Waals surface area contributed by atoms with Crippen LogP contribution >= 0.6 is 0 Å². The molecular weight excluding hydrogens is 329 g/mol. The van der Waals surface area contributed by atoms with E-state index in [4.69, 9.17) is 4.99 Å². The average molecular weight is 351 g/mol. The molecule has 4 rings (SSSR count). The van der Waals surface area contributed by atoms with Crippen LogP contribution in [0.3, 0.4) is 0 Å². The molecule has 0 radical (unpaired) electrons. The number of carbonyl (C=O) groups is 1. The molecule has 0 aromatic heterocycles. The van der Waals surface area contributed by atoms with Crippen LogP contribution in [0.25, 0.3) is 0 Å². The molecule has 2 heterocycles. The second kappa shape index (κ2) is 6.24. The van der Waals surface area contributed by atoms with E-state index in [1.807, 2.05) is 24.3 Å². The number of hydrogen-bond acceptors (Lipinski definition) is 3.